The fraction of sp³-hybridized carbons (Fsp3) is 0.188. The van der Waals surface area contributed by atoms with Crippen LogP contribution >= 0.6 is 11.3 Å². The minimum atomic E-state index is 0.0494. The molecule has 0 spiro atoms. The number of rotatable bonds is 4. The number of para-hydroxylation sites is 1. The molecule has 4 heteroatoms. The van der Waals surface area contributed by atoms with Crippen LogP contribution in [0, 0.1) is 0 Å². The predicted molar refractivity (Wildman–Crippen MR) is 83.0 cm³/mol. The lowest BCUT2D eigenvalue weighted by Crippen LogP contribution is -2.04. The predicted octanol–water partition coefficient (Wildman–Crippen LogP) is 3.90. The Balaban J connectivity index is 1.69. The van der Waals surface area contributed by atoms with E-state index in [-0.39, 0.29) is 6.04 Å². The number of hydrogen-bond acceptors (Lipinski definition) is 4. The van der Waals surface area contributed by atoms with Gasteiger partial charge in [-0.3, -0.25) is 0 Å². The maximum Gasteiger partial charge on any atom is 0.140 e. The molecule has 0 radical (unpaired) electrons. The van der Waals surface area contributed by atoms with E-state index in [0.717, 1.165) is 21.8 Å². The lowest BCUT2D eigenvalue weighted by molar-refractivity contribution is 0.305. The van der Waals surface area contributed by atoms with Crippen molar-refractivity contribution < 1.29 is 4.74 Å². The van der Waals surface area contributed by atoms with Gasteiger partial charge in [-0.25, -0.2) is 4.98 Å². The lowest BCUT2D eigenvalue weighted by Gasteiger charge is -2.07. The van der Waals surface area contributed by atoms with E-state index in [1.54, 1.807) is 11.3 Å². The molecule has 0 aliphatic heterocycles. The largest absolute Gasteiger partial charge is 0.486 e. The molecule has 1 heterocycles. The van der Waals surface area contributed by atoms with Gasteiger partial charge in [-0.05, 0) is 36.8 Å². The third-order valence-electron chi connectivity index (χ3n) is 3.11. The zero-order valence-electron chi connectivity index (χ0n) is 11.2. The van der Waals surface area contributed by atoms with Gasteiger partial charge in [0.1, 0.15) is 17.4 Å². The normalized spacial score (nSPS) is 12.5. The van der Waals surface area contributed by atoms with E-state index in [1.165, 1.54) is 4.70 Å². The molecule has 102 valence electrons. The Bertz CT molecular complexity index is 671. The van der Waals surface area contributed by atoms with E-state index < -0.39 is 0 Å². The second-order valence-electron chi connectivity index (χ2n) is 4.72. The van der Waals surface area contributed by atoms with Gasteiger partial charge in [0.05, 0.1) is 10.2 Å². The molecule has 0 fully saturated rings. The maximum absolute atomic E-state index is 5.82. The van der Waals surface area contributed by atoms with Crippen molar-refractivity contribution in [2.75, 3.05) is 0 Å². The summed E-state index contributed by atoms with van der Waals surface area (Å²) in [6.45, 7) is 2.47. The van der Waals surface area contributed by atoms with Crippen LogP contribution in [0.25, 0.3) is 10.2 Å². The Morgan fingerprint density at radius 2 is 1.90 bits per heavy atom. The van der Waals surface area contributed by atoms with E-state index in [1.807, 2.05) is 49.4 Å². The van der Waals surface area contributed by atoms with Crippen LogP contribution in [-0.2, 0) is 6.61 Å². The van der Waals surface area contributed by atoms with Crippen LogP contribution in [0.5, 0.6) is 5.75 Å². The first-order chi connectivity index (χ1) is 9.72. The van der Waals surface area contributed by atoms with Gasteiger partial charge in [0.25, 0.3) is 0 Å². The highest BCUT2D eigenvalue weighted by Crippen LogP contribution is 2.23. The first-order valence-electron chi connectivity index (χ1n) is 6.55. The molecule has 0 aliphatic rings. The van der Waals surface area contributed by atoms with Gasteiger partial charge < -0.3 is 10.5 Å². The van der Waals surface area contributed by atoms with Crippen molar-refractivity contribution in [3.8, 4) is 5.75 Å². The summed E-state index contributed by atoms with van der Waals surface area (Å²) in [5, 5.41) is 0.988. The van der Waals surface area contributed by atoms with Crippen LogP contribution < -0.4 is 10.5 Å². The molecule has 0 bridgehead atoms. The fourth-order valence-electron chi connectivity index (χ4n) is 1.99. The van der Waals surface area contributed by atoms with Gasteiger partial charge in [-0.1, -0.05) is 24.3 Å². The monoisotopic (exact) mass is 284 g/mol. The Morgan fingerprint density at radius 3 is 2.60 bits per heavy atom. The van der Waals surface area contributed by atoms with Crippen molar-refractivity contribution in [2.24, 2.45) is 5.73 Å². The number of benzene rings is 2. The molecule has 1 atom stereocenters. The fourth-order valence-corrected chi connectivity index (χ4v) is 2.87. The van der Waals surface area contributed by atoms with Gasteiger partial charge in [0.15, 0.2) is 0 Å². The summed E-state index contributed by atoms with van der Waals surface area (Å²) in [5.74, 6) is 0.841. The van der Waals surface area contributed by atoms with Crippen molar-refractivity contribution >= 4 is 21.6 Å². The van der Waals surface area contributed by atoms with Crippen LogP contribution in [0.3, 0.4) is 0 Å². The minimum Gasteiger partial charge on any atom is -0.486 e. The molecule has 0 unspecified atom stereocenters. The summed E-state index contributed by atoms with van der Waals surface area (Å²) in [4.78, 5) is 4.55. The second kappa shape index (κ2) is 5.61. The Hall–Kier alpha value is -1.91. The standard InChI is InChI=1S/C16H16N2OS/c1-11(17)12-6-8-13(9-7-12)19-10-16-18-14-4-2-3-5-15(14)20-16/h2-9,11H,10,17H2,1H3/t11-/m1/s1. The van der Waals surface area contributed by atoms with E-state index in [9.17, 15) is 0 Å². The molecule has 0 amide bonds. The van der Waals surface area contributed by atoms with Crippen molar-refractivity contribution in [2.45, 2.75) is 19.6 Å². The van der Waals surface area contributed by atoms with Gasteiger partial charge in [0.2, 0.25) is 0 Å². The van der Waals surface area contributed by atoms with E-state index in [2.05, 4.69) is 11.1 Å². The summed E-state index contributed by atoms with van der Waals surface area (Å²) in [7, 11) is 0. The molecule has 0 aliphatic carbocycles. The number of fused-ring (bicyclic) bond motifs is 1. The maximum atomic E-state index is 5.82. The van der Waals surface area contributed by atoms with E-state index >= 15 is 0 Å². The zero-order chi connectivity index (χ0) is 13.9. The average Bonchev–Trinajstić information content (AvgIpc) is 2.88. The van der Waals surface area contributed by atoms with Gasteiger partial charge in [0, 0.05) is 6.04 Å². The zero-order valence-corrected chi connectivity index (χ0v) is 12.1. The molecule has 0 saturated carbocycles. The van der Waals surface area contributed by atoms with E-state index in [0.29, 0.717) is 6.61 Å². The SMILES string of the molecule is C[C@@H](N)c1ccc(OCc2nc3ccccc3s2)cc1. The summed E-state index contributed by atoms with van der Waals surface area (Å²) in [5.41, 5.74) is 7.96. The molecular weight excluding hydrogens is 268 g/mol. The summed E-state index contributed by atoms with van der Waals surface area (Å²) < 4.78 is 6.96. The van der Waals surface area contributed by atoms with Crippen LogP contribution in [-0.4, -0.2) is 4.98 Å². The smallest absolute Gasteiger partial charge is 0.140 e. The molecule has 1 aromatic heterocycles. The highest BCUT2D eigenvalue weighted by Gasteiger charge is 2.04. The first kappa shape index (κ1) is 13.1. The molecule has 20 heavy (non-hydrogen) atoms. The van der Waals surface area contributed by atoms with Crippen LogP contribution in [0.15, 0.2) is 48.5 Å². The summed E-state index contributed by atoms with van der Waals surface area (Å²) >= 11 is 1.67. The molecule has 3 nitrogen and oxygen atoms in total. The lowest BCUT2D eigenvalue weighted by atomic mass is 10.1. The Labute approximate surface area is 122 Å². The van der Waals surface area contributed by atoms with Gasteiger partial charge >= 0.3 is 0 Å². The highest BCUT2D eigenvalue weighted by atomic mass is 32.1. The highest BCUT2D eigenvalue weighted by molar-refractivity contribution is 7.18. The van der Waals surface area contributed by atoms with Crippen LogP contribution in [0.4, 0.5) is 0 Å². The van der Waals surface area contributed by atoms with Crippen molar-refractivity contribution in [3.05, 3.63) is 59.1 Å². The number of nitrogens with zero attached hydrogens (tertiary/aromatic N) is 1. The van der Waals surface area contributed by atoms with Gasteiger partial charge in [-0.15, -0.1) is 11.3 Å². The summed E-state index contributed by atoms with van der Waals surface area (Å²) in [6.07, 6.45) is 0. The third kappa shape index (κ3) is 2.81. The molecule has 2 aromatic carbocycles. The quantitative estimate of drug-likeness (QED) is 0.790. The van der Waals surface area contributed by atoms with Crippen molar-refractivity contribution in [1.29, 1.82) is 0 Å². The third-order valence-corrected chi connectivity index (χ3v) is 4.12. The average molecular weight is 284 g/mol. The van der Waals surface area contributed by atoms with Crippen LogP contribution in [0.1, 0.15) is 23.5 Å². The van der Waals surface area contributed by atoms with Crippen molar-refractivity contribution in [1.82, 2.24) is 4.98 Å². The molecule has 2 N–H and O–H groups in total. The summed E-state index contributed by atoms with van der Waals surface area (Å²) in [6, 6.07) is 16.1. The number of aromatic nitrogens is 1. The van der Waals surface area contributed by atoms with Crippen LogP contribution in [0.2, 0.25) is 0 Å². The van der Waals surface area contributed by atoms with Gasteiger partial charge in [-0.2, -0.15) is 0 Å². The molecule has 3 rings (SSSR count). The number of ether oxygens (including phenoxy) is 1. The van der Waals surface area contributed by atoms with E-state index in [4.69, 9.17) is 10.5 Å². The number of hydrogen-bond donors (Lipinski definition) is 1. The minimum absolute atomic E-state index is 0.0494. The Kier molecular flexibility index (Phi) is 3.67. The molecule has 3 aromatic rings. The molecular formula is C16H16N2OS. The van der Waals surface area contributed by atoms with Crippen molar-refractivity contribution in [3.63, 3.8) is 0 Å². The topological polar surface area (TPSA) is 48.1 Å². The first-order valence-corrected chi connectivity index (χ1v) is 7.37. The number of thiazole rings is 1. The Morgan fingerprint density at radius 1 is 1.15 bits per heavy atom. The number of nitrogens with two attached hydrogens (primary N) is 1. The molecule has 0 saturated heterocycles. The second-order valence-corrected chi connectivity index (χ2v) is 5.84.